The van der Waals surface area contributed by atoms with Gasteiger partial charge in [0.25, 0.3) is 0 Å². The zero-order chi connectivity index (χ0) is 29.1. The molecule has 0 aliphatic rings. The number of hydrogen-bond acceptors (Lipinski definition) is 6. The smallest absolute Gasteiger partial charge is 0.343 e. The summed E-state index contributed by atoms with van der Waals surface area (Å²) in [4.78, 5) is 12.6. The number of esters is 1. The van der Waals surface area contributed by atoms with Gasteiger partial charge in [-0.25, -0.2) is 4.79 Å². The summed E-state index contributed by atoms with van der Waals surface area (Å²) in [5, 5.41) is 8.52. The third-order valence-electron chi connectivity index (χ3n) is 6.60. The quantitative estimate of drug-likeness (QED) is 0.0635. The Kier molecular flexibility index (Phi) is 14.5. The van der Waals surface area contributed by atoms with Gasteiger partial charge in [0.15, 0.2) is 0 Å². The monoisotopic (exact) mass is 558 g/mol. The van der Waals surface area contributed by atoms with Crippen molar-refractivity contribution in [2.75, 3.05) is 13.2 Å². The largest absolute Gasteiger partial charge is 0.494 e. The average Bonchev–Trinajstić information content (AvgIpc) is 2.99. The van der Waals surface area contributed by atoms with Crippen molar-refractivity contribution in [3.05, 3.63) is 78.4 Å². The van der Waals surface area contributed by atoms with E-state index < -0.39 is 5.97 Å². The Morgan fingerprint density at radius 1 is 0.610 bits per heavy atom. The molecule has 0 heterocycles. The minimum atomic E-state index is -0.416. The molecule has 0 saturated heterocycles. The molecule has 0 fully saturated rings. The van der Waals surface area contributed by atoms with E-state index in [2.05, 4.69) is 31.0 Å². The van der Waals surface area contributed by atoms with Crippen LogP contribution in [0.5, 0.6) is 17.2 Å². The topological polar surface area (TPSA) is 69.5 Å². The number of carbonyl (C=O) groups is 1. The highest BCUT2D eigenvalue weighted by atomic mass is 16.5. The number of hydrogen-bond donors (Lipinski definition) is 0. The van der Waals surface area contributed by atoms with Crippen molar-refractivity contribution in [1.82, 2.24) is 0 Å². The van der Waals surface area contributed by atoms with Crippen LogP contribution in [0.2, 0.25) is 0 Å². The first kappa shape index (κ1) is 31.9. The summed E-state index contributed by atoms with van der Waals surface area (Å²) in [7, 11) is 0. The second-order valence-electron chi connectivity index (χ2n) is 10.8. The molecule has 3 rings (SSSR count). The average molecular weight is 559 g/mol. The first-order chi connectivity index (χ1) is 20.0. The van der Waals surface area contributed by atoms with Crippen LogP contribution in [0, 0.1) is 5.92 Å². The normalized spacial score (nSPS) is 11.2. The molecule has 0 aliphatic heterocycles. The zero-order valence-corrected chi connectivity index (χ0v) is 25.0. The van der Waals surface area contributed by atoms with E-state index in [-0.39, 0.29) is 0 Å². The summed E-state index contributed by atoms with van der Waals surface area (Å²) in [6.07, 6.45) is 13.0. The molecule has 0 aliphatic carbocycles. The van der Waals surface area contributed by atoms with Gasteiger partial charge >= 0.3 is 5.97 Å². The highest BCUT2D eigenvalue weighted by Gasteiger charge is 2.09. The lowest BCUT2D eigenvalue weighted by Gasteiger charge is -2.08. The molecule has 3 aromatic carbocycles. The third kappa shape index (κ3) is 13.0. The summed E-state index contributed by atoms with van der Waals surface area (Å²) in [5.74, 6) is 2.09. The molecule has 0 radical (unpaired) electrons. The van der Waals surface area contributed by atoms with Gasteiger partial charge < -0.3 is 14.2 Å². The lowest BCUT2D eigenvalue weighted by molar-refractivity contribution is 0.0734. The van der Waals surface area contributed by atoms with E-state index in [4.69, 9.17) is 14.2 Å². The predicted molar refractivity (Wildman–Crippen MR) is 166 cm³/mol. The lowest BCUT2D eigenvalue weighted by Crippen LogP contribution is -2.08. The van der Waals surface area contributed by atoms with E-state index in [1.165, 1.54) is 57.8 Å². The van der Waals surface area contributed by atoms with Crippen LogP contribution >= 0.6 is 0 Å². The second kappa shape index (κ2) is 18.6. The molecule has 0 unspecified atom stereocenters. The summed E-state index contributed by atoms with van der Waals surface area (Å²) in [5.41, 5.74) is 1.86. The van der Waals surface area contributed by atoms with Gasteiger partial charge in [0, 0.05) is 0 Å². The fourth-order valence-electron chi connectivity index (χ4n) is 4.20. The van der Waals surface area contributed by atoms with Crippen molar-refractivity contribution < 1.29 is 19.0 Å². The van der Waals surface area contributed by atoms with Crippen LogP contribution in [-0.4, -0.2) is 19.2 Å². The van der Waals surface area contributed by atoms with E-state index in [9.17, 15) is 4.79 Å². The molecule has 0 aromatic heterocycles. The number of rotatable bonds is 19. The van der Waals surface area contributed by atoms with E-state index in [0.29, 0.717) is 36.1 Å². The fourth-order valence-corrected chi connectivity index (χ4v) is 4.20. The van der Waals surface area contributed by atoms with Crippen LogP contribution in [0.15, 0.2) is 83.0 Å². The Balaban J connectivity index is 1.34. The van der Waals surface area contributed by atoms with Gasteiger partial charge in [0.1, 0.15) is 17.2 Å². The molecular formula is C35H46N2O4. The summed E-state index contributed by atoms with van der Waals surface area (Å²) >= 11 is 0. The fraction of sp³-hybridized carbons (Fsp3) is 0.457. The molecule has 0 N–H and O–H groups in total. The second-order valence-corrected chi connectivity index (χ2v) is 10.8. The predicted octanol–water partition coefficient (Wildman–Crippen LogP) is 10.7. The maximum Gasteiger partial charge on any atom is 0.343 e. The number of ether oxygens (including phenoxy) is 3. The number of azo groups is 1. The van der Waals surface area contributed by atoms with Gasteiger partial charge in [-0.05, 0) is 85.1 Å². The molecule has 0 atom stereocenters. The minimum absolute atomic E-state index is 0.416. The van der Waals surface area contributed by atoms with E-state index in [1.54, 1.807) is 36.4 Å². The highest BCUT2D eigenvalue weighted by molar-refractivity contribution is 5.91. The molecule has 0 amide bonds. The Hall–Kier alpha value is -3.67. The minimum Gasteiger partial charge on any atom is -0.494 e. The maximum atomic E-state index is 12.6. The van der Waals surface area contributed by atoms with Crippen LogP contribution in [0.4, 0.5) is 11.4 Å². The van der Waals surface area contributed by atoms with E-state index in [1.807, 2.05) is 36.4 Å². The van der Waals surface area contributed by atoms with Crippen molar-refractivity contribution in [2.45, 2.75) is 85.0 Å². The van der Waals surface area contributed by atoms with Crippen molar-refractivity contribution in [3.63, 3.8) is 0 Å². The number of carbonyl (C=O) groups excluding carboxylic acids is 1. The highest BCUT2D eigenvalue weighted by Crippen LogP contribution is 2.24. The molecule has 0 saturated carbocycles. The van der Waals surface area contributed by atoms with Gasteiger partial charge in [0.05, 0.1) is 30.2 Å². The summed E-state index contributed by atoms with van der Waals surface area (Å²) in [6, 6.07) is 21.5. The van der Waals surface area contributed by atoms with Crippen molar-refractivity contribution in [3.8, 4) is 17.2 Å². The molecule has 0 bridgehead atoms. The molecule has 220 valence electrons. The van der Waals surface area contributed by atoms with Crippen molar-refractivity contribution in [2.24, 2.45) is 16.1 Å². The number of nitrogens with zero attached hydrogens (tertiary/aromatic N) is 2. The van der Waals surface area contributed by atoms with Crippen molar-refractivity contribution >= 4 is 17.3 Å². The maximum absolute atomic E-state index is 12.6. The first-order valence-corrected chi connectivity index (χ1v) is 15.2. The van der Waals surface area contributed by atoms with Crippen LogP contribution in [0.25, 0.3) is 0 Å². The Morgan fingerprint density at radius 3 is 1.61 bits per heavy atom. The van der Waals surface area contributed by atoms with Crippen LogP contribution in [0.3, 0.4) is 0 Å². The Bertz CT molecular complexity index is 1160. The summed E-state index contributed by atoms with van der Waals surface area (Å²) < 4.78 is 17.1. The number of benzene rings is 3. The SMILES string of the molecule is CCCCCCCCCCCCOc1ccc(C(=O)Oc2ccc(N=Nc3ccc(OCC(C)C)cc3)cc2)cc1. The van der Waals surface area contributed by atoms with Crippen molar-refractivity contribution in [1.29, 1.82) is 0 Å². The Labute approximate surface area is 246 Å². The third-order valence-corrected chi connectivity index (χ3v) is 6.60. The van der Waals surface area contributed by atoms with Gasteiger partial charge in [-0.1, -0.05) is 78.6 Å². The van der Waals surface area contributed by atoms with E-state index >= 15 is 0 Å². The molecule has 6 heteroatoms. The standard InChI is InChI=1S/C35H46N2O4/c1-4-5-6-7-8-9-10-11-12-13-26-39-32-20-14-29(15-21-32)35(38)41-34-24-18-31(19-25-34)37-36-30-16-22-33(23-17-30)40-27-28(2)3/h14-25,28H,4-13,26-27H2,1-3H3. The first-order valence-electron chi connectivity index (χ1n) is 15.2. The molecule has 41 heavy (non-hydrogen) atoms. The molecule has 3 aromatic rings. The Morgan fingerprint density at radius 2 is 1.07 bits per heavy atom. The molecule has 6 nitrogen and oxygen atoms in total. The van der Waals surface area contributed by atoms with Gasteiger partial charge in [-0.15, -0.1) is 0 Å². The van der Waals surface area contributed by atoms with Gasteiger partial charge in [-0.3, -0.25) is 0 Å². The molecular weight excluding hydrogens is 512 g/mol. The van der Waals surface area contributed by atoms with Crippen LogP contribution < -0.4 is 14.2 Å². The number of unbranched alkanes of at least 4 members (excludes halogenated alkanes) is 9. The van der Waals surface area contributed by atoms with Gasteiger partial charge in [-0.2, -0.15) is 10.2 Å². The van der Waals surface area contributed by atoms with Gasteiger partial charge in [0.2, 0.25) is 0 Å². The lowest BCUT2D eigenvalue weighted by atomic mass is 10.1. The molecule has 0 spiro atoms. The van der Waals surface area contributed by atoms with Crippen LogP contribution in [0.1, 0.15) is 95.3 Å². The zero-order valence-electron chi connectivity index (χ0n) is 25.0. The summed E-state index contributed by atoms with van der Waals surface area (Å²) in [6.45, 7) is 7.86. The van der Waals surface area contributed by atoms with E-state index in [0.717, 1.165) is 23.6 Å². The van der Waals surface area contributed by atoms with Crippen LogP contribution in [-0.2, 0) is 0 Å².